The minimum absolute atomic E-state index is 0.188. The molecule has 0 saturated heterocycles. The molecule has 0 aliphatic carbocycles. The minimum Gasteiger partial charge on any atom is -0.504 e. The van der Waals surface area contributed by atoms with Crippen molar-refractivity contribution in [1.29, 1.82) is 0 Å². The largest absolute Gasteiger partial charge is 0.504 e. The van der Waals surface area contributed by atoms with E-state index in [9.17, 15) is 10.2 Å². The van der Waals surface area contributed by atoms with Gasteiger partial charge in [0.15, 0.2) is 11.5 Å². The van der Waals surface area contributed by atoms with Gasteiger partial charge in [-0.3, -0.25) is 0 Å². The predicted molar refractivity (Wildman–Crippen MR) is 112 cm³/mol. The first-order valence-electron chi connectivity index (χ1n) is 8.87. The molecular formula is C22H17N5O2. The Labute approximate surface area is 167 Å². The van der Waals surface area contributed by atoms with Crippen molar-refractivity contribution in [3.8, 4) is 34.0 Å². The molecule has 4 aromatic rings. The maximum atomic E-state index is 9.55. The Hall–Kier alpha value is -4.26. The zero-order valence-corrected chi connectivity index (χ0v) is 15.3. The van der Waals surface area contributed by atoms with E-state index in [1.165, 1.54) is 18.3 Å². The van der Waals surface area contributed by atoms with Crippen LogP contribution in [-0.4, -0.2) is 31.6 Å². The molecule has 0 unspecified atom stereocenters. The maximum Gasteiger partial charge on any atom is 0.263 e. The number of anilines is 1. The highest BCUT2D eigenvalue weighted by Crippen LogP contribution is 2.28. The van der Waals surface area contributed by atoms with Crippen molar-refractivity contribution in [3.05, 3.63) is 84.4 Å². The van der Waals surface area contributed by atoms with Crippen LogP contribution in [0.2, 0.25) is 0 Å². The molecule has 0 radical (unpaired) electrons. The average molecular weight is 383 g/mol. The molecule has 4 rings (SSSR count). The van der Waals surface area contributed by atoms with Gasteiger partial charge >= 0.3 is 0 Å². The summed E-state index contributed by atoms with van der Waals surface area (Å²) in [7, 11) is 0. The fourth-order valence-corrected chi connectivity index (χ4v) is 2.75. The van der Waals surface area contributed by atoms with E-state index in [1.54, 1.807) is 6.07 Å². The van der Waals surface area contributed by atoms with E-state index in [0.29, 0.717) is 17.0 Å². The van der Waals surface area contributed by atoms with Crippen LogP contribution in [0.3, 0.4) is 0 Å². The van der Waals surface area contributed by atoms with E-state index >= 15 is 0 Å². The molecule has 3 N–H and O–H groups in total. The molecule has 3 aromatic carbocycles. The summed E-state index contributed by atoms with van der Waals surface area (Å²) in [5.41, 5.74) is 6.55. The van der Waals surface area contributed by atoms with Crippen molar-refractivity contribution in [2.24, 2.45) is 5.10 Å². The van der Waals surface area contributed by atoms with Crippen molar-refractivity contribution in [2.45, 2.75) is 0 Å². The minimum atomic E-state index is -0.217. The summed E-state index contributed by atoms with van der Waals surface area (Å²) < 4.78 is 0. The fraction of sp³-hybridized carbons (Fsp3) is 0. The second-order valence-electron chi connectivity index (χ2n) is 6.18. The molecule has 29 heavy (non-hydrogen) atoms. The SMILES string of the molecule is Oc1ccc(C=NNc2nnc(-c3ccccc3)c(-c3ccccc3)n2)cc1O. The van der Waals surface area contributed by atoms with Crippen LogP contribution < -0.4 is 5.43 Å². The lowest BCUT2D eigenvalue weighted by atomic mass is 10.0. The number of rotatable bonds is 5. The lowest BCUT2D eigenvalue weighted by Gasteiger charge is -2.09. The van der Waals surface area contributed by atoms with Gasteiger partial charge in [0.05, 0.1) is 6.21 Å². The third kappa shape index (κ3) is 4.19. The van der Waals surface area contributed by atoms with E-state index in [2.05, 4.69) is 25.7 Å². The fourth-order valence-electron chi connectivity index (χ4n) is 2.75. The van der Waals surface area contributed by atoms with Gasteiger partial charge in [0.1, 0.15) is 11.4 Å². The standard InChI is InChI=1S/C22H17N5O2/c28-18-12-11-15(13-19(18)29)14-23-26-22-24-20(16-7-3-1-4-8-16)21(25-27-22)17-9-5-2-6-10-17/h1-14,28-29H,(H,24,26,27). The van der Waals surface area contributed by atoms with Crippen LogP contribution in [0.1, 0.15) is 5.56 Å². The Balaban J connectivity index is 1.65. The summed E-state index contributed by atoms with van der Waals surface area (Å²) >= 11 is 0. The molecule has 0 aliphatic rings. The summed E-state index contributed by atoms with van der Waals surface area (Å²) in [6.45, 7) is 0. The number of hydrazone groups is 1. The quantitative estimate of drug-likeness (QED) is 0.273. The van der Waals surface area contributed by atoms with E-state index in [0.717, 1.165) is 11.1 Å². The second kappa shape index (κ2) is 8.18. The average Bonchev–Trinajstić information content (AvgIpc) is 2.77. The van der Waals surface area contributed by atoms with E-state index in [-0.39, 0.29) is 17.4 Å². The lowest BCUT2D eigenvalue weighted by Crippen LogP contribution is -2.03. The second-order valence-corrected chi connectivity index (χ2v) is 6.18. The molecule has 0 bridgehead atoms. The van der Waals surface area contributed by atoms with Gasteiger partial charge in [0, 0.05) is 11.1 Å². The van der Waals surface area contributed by atoms with Crippen LogP contribution >= 0.6 is 0 Å². The van der Waals surface area contributed by atoms with E-state index < -0.39 is 0 Å². The van der Waals surface area contributed by atoms with E-state index in [1.807, 2.05) is 60.7 Å². The molecule has 0 amide bonds. The number of phenolic OH excluding ortho intramolecular Hbond substituents is 2. The van der Waals surface area contributed by atoms with Gasteiger partial charge in [-0.25, -0.2) is 10.4 Å². The van der Waals surface area contributed by atoms with Crippen molar-refractivity contribution in [2.75, 3.05) is 5.43 Å². The summed E-state index contributed by atoms with van der Waals surface area (Å²) in [5.74, 6) is -0.167. The highest BCUT2D eigenvalue weighted by Gasteiger charge is 2.13. The number of aromatic nitrogens is 3. The highest BCUT2D eigenvalue weighted by molar-refractivity contribution is 5.81. The molecule has 1 aromatic heterocycles. The third-order valence-corrected chi connectivity index (χ3v) is 4.16. The Kier molecular flexibility index (Phi) is 5.11. The van der Waals surface area contributed by atoms with Gasteiger partial charge in [-0.05, 0) is 23.8 Å². The zero-order chi connectivity index (χ0) is 20.1. The molecule has 0 spiro atoms. The van der Waals surface area contributed by atoms with Crippen LogP contribution in [0.25, 0.3) is 22.5 Å². The number of phenols is 2. The van der Waals surface area contributed by atoms with Crippen LogP contribution in [0, 0.1) is 0 Å². The molecule has 7 heteroatoms. The molecule has 0 aliphatic heterocycles. The topological polar surface area (TPSA) is 104 Å². The number of hydrogen-bond donors (Lipinski definition) is 3. The Bertz CT molecular complexity index is 1150. The van der Waals surface area contributed by atoms with Gasteiger partial charge in [-0.15, -0.1) is 10.2 Å². The summed E-state index contributed by atoms with van der Waals surface area (Å²) in [4.78, 5) is 4.59. The molecule has 0 saturated carbocycles. The molecule has 142 valence electrons. The summed E-state index contributed by atoms with van der Waals surface area (Å²) in [6.07, 6.45) is 1.48. The van der Waals surface area contributed by atoms with Gasteiger partial charge < -0.3 is 10.2 Å². The monoisotopic (exact) mass is 383 g/mol. The lowest BCUT2D eigenvalue weighted by molar-refractivity contribution is 0.403. The first-order valence-corrected chi connectivity index (χ1v) is 8.87. The Morgan fingerprint density at radius 1 is 0.724 bits per heavy atom. The van der Waals surface area contributed by atoms with Gasteiger partial charge in [0.2, 0.25) is 0 Å². The van der Waals surface area contributed by atoms with Crippen molar-refractivity contribution >= 4 is 12.2 Å². The van der Waals surface area contributed by atoms with Crippen molar-refractivity contribution < 1.29 is 10.2 Å². The van der Waals surface area contributed by atoms with Crippen molar-refractivity contribution in [1.82, 2.24) is 15.2 Å². The molecule has 1 heterocycles. The normalized spacial score (nSPS) is 10.9. The number of nitrogens with one attached hydrogen (secondary N) is 1. The molecular weight excluding hydrogens is 366 g/mol. The summed E-state index contributed by atoms with van der Waals surface area (Å²) in [6, 6.07) is 23.9. The highest BCUT2D eigenvalue weighted by atomic mass is 16.3. The van der Waals surface area contributed by atoms with Crippen molar-refractivity contribution in [3.63, 3.8) is 0 Å². The van der Waals surface area contributed by atoms with Gasteiger partial charge in [-0.2, -0.15) is 5.10 Å². The van der Waals surface area contributed by atoms with Crippen LogP contribution in [0.15, 0.2) is 84.0 Å². The third-order valence-electron chi connectivity index (χ3n) is 4.16. The smallest absolute Gasteiger partial charge is 0.263 e. The van der Waals surface area contributed by atoms with Crippen LogP contribution in [0.5, 0.6) is 11.5 Å². The van der Waals surface area contributed by atoms with E-state index in [4.69, 9.17) is 0 Å². The molecule has 0 atom stereocenters. The first-order chi connectivity index (χ1) is 14.2. The van der Waals surface area contributed by atoms with Crippen LogP contribution in [-0.2, 0) is 0 Å². The number of hydrogen-bond acceptors (Lipinski definition) is 7. The molecule has 0 fully saturated rings. The number of benzene rings is 3. The van der Waals surface area contributed by atoms with Crippen LogP contribution in [0.4, 0.5) is 5.95 Å². The zero-order valence-electron chi connectivity index (χ0n) is 15.3. The maximum absolute atomic E-state index is 9.55. The Morgan fingerprint density at radius 3 is 2.03 bits per heavy atom. The number of nitrogens with zero attached hydrogens (tertiary/aromatic N) is 4. The predicted octanol–water partition coefficient (Wildman–Crippen LogP) is 4.06. The number of aromatic hydroxyl groups is 2. The molecule has 7 nitrogen and oxygen atoms in total. The van der Waals surface area contributed by atoms with Gasteiger partial charge in [-0.1, -0.05) is 60.7 Å². The first kappa shape index (κ1) is 18.1. The Morgan fingerprint density at radius 2 is 1.38 bits per heavy atom. The van der Waals surface area contributed by atoms with Gasteiger partial charge in [0.25, 0.3) is 5.95 Å². The summed E-state index contributed by atoms with van der Waals surface area (Å²) in [5, 5.41) is 31.5.